The van der Waals surface area contributed by atoms with Crippen molar-refractivity contribution in [3.8, 4) is 5.75 Å². The van der Waals surface area contributed by atoms with Crippen molar-refractivity contribution in [1.82, 2.24) is 10.3 Å². The smallest absolute Gasteiger partial charge is 0.266 e. The predicted octanol–water partition coefficient (Wildman–Crippen LogP) is 3.03. The number of benzene rings is 3. The van der Waals surface area contributed by atoms with Crippen molar-refractivity contribution < 1.29 is 22.3 Å². The van der Waals surface area contributed by atoms with Gasteiger partial charge < -0.3 is 4.74 Å². The molecular weight excluding hydrogens is 383 g/mol. The molecule has 0 radical (unpaired) electrons. The quantitative estimate of drug-likeness (QED) is 0.597. The maximum absolute atomic E-state index is 13.2. The SMILES string of the molecule is O=C(NNS(=O)(=O)c1cccc(F)c1)c1ccc(COc2ccccc2)cc1. The molecule has 0 saturated carbocycles. The second-order valence-electron chi connectivity index (χ2n) is 5.82. The Morgan fingerprint density at radius 1 is 0.929 bits per heavy atom. The van der Waals surface area contributed by atoms with Gasteiger partial charge in [0.05, 0.1) is 4.90 Å². The number of nitrogens with one attached hydrogen (secondary N) is 2. The largest absolute Gasteiger partial charge is 0.489 e. The number of hydrogen-bond donors (Lipinski definition) is 2. The fourth-order valence-electron chi connectivity index (χ4n) is 2.31. The number of para-hydroxylation sites is 1. The van der Waals surface area contributed by atoms with Crippen LogP contribution < -0.4 is 15.0 Å². The predicted molar refractivity (Wildman–Crippen MR) is 101 cm³/mol. The van der Waals surface area contributed by atoms with Crippen LogP contribution in [0.15, 0.2) is 83.8 Å². The first kappa shape index (κ1) is 19.5. The van der Waals surface area contributed by atoms with E-state index < -0.39 is 21.7 Å². The molecule has 2 N–H and O–H groups in total. The van der Waals surface area contributed by atoms with E-state index in [4.69, 9.17) is 4.74 Å². The fraction of sp³-hybridized carbons (Fsp3) is 0.0500. The molecule has 0 aliphatic heterocycles. The zero-order valence-electron chi connectivity index (χ0n) is 14.6. The van der Waals surface area contributed by atoms with Crippen molar-refractivity contribution in [3.05, 3.63) is 95.8 Å². The van der Waals surface area contributed by atoms with Gasteiger partial charge in [0.2, 0.25) is 0 Å². The average molecular weight is 400 g/mol. The number of carbonyl (C=O) groups excluding carboxylic acids is 1. The number of amides is 1. The topological polar surface area (TPSA) is 84.5 Å². The van der Waals surface area contributed by atoms with Crippen LogP contribution >= 0.6 is 0 Å². The third-order valence-corrected chi connectivity index (χ3v) is 5.02. The van der Waals surface area contributed by atoms with Crippen molar-refractivity contribution in [3.63, 3.8) is 0 Å². The number of halogens is 1. The van der Waals surface area contributed by atoms with Crippen LogP contribution in [-0.2, 0) is 16.6 Å². The fourth-order valence-corrected chi connectivity index (χ4v) is 3.18. The normalized spacial score (nSPS) is 11.0. The molecule has 0 aliphatic carbocycles. The number of carbonyl (C=O) groups is 1. The van der Waals surface area contributed by atoms with Crippen LogP contribution in [0.1, 0.15) is 15.9 Å². The van der Waals surface area contributed by atoms with Gasteiger partial charge in [-0.15, -0.1) is 4.83 Å². The minimum Gasteiger partial charge on any atom is -0.489 e. The minimum atomic E-state index is -4.08. The van der Waals surface area contributed by atoms with Crippen molar-refractivity contribution >= 4 is 15.9 Å². The first-order valence-corrected chi connectivity index (χ1v) is 9.77. The number of ether oxygens (including phenoxy) is 1. The Morgan fingerprint density at radius 2 is 1.64 bits per heavy atom. The Kier molecular flexibility index (Phi) is 6.03. The Balaban J connectivity index is 1.57. The van der Waals surface area contributed by atoms with Crippen LogP contribution in [-0.4, -0.2) is 14.3 Å². The van der Waals surface area contributed by atoms with Crippen LogP contribution in [0.4, 0.5) is 4.39 Å². The summed E-state index contributed by atoms with van der Waals surface area (Å²) in [6.07, 6.45) is 0. The molecule has 0 aliphatic rings. The summed E-state index contributed by atoms with van der Waals surface area (Å²) in [6.45, 7) is 0.331. The molecule has 28 heavy (non-hydrogen) atoms. The highest BCUT2D eigenvalue weighted by Crippen LogP contribution is 2.13. The number of rotatable bonds is 7. The second kappa shape index (κ2) is 8.64. The molecule has 3 aromatic carbocycles. The first-order valence-electron chi connectivity index (χ1n) is 8.28. The monoisotopic (exact) mass is 400 g/mol. The summed E-state index contributed by atoms with van der Waals surface area (Å²) in [5.74, 6) is -0.603. The molecule has 0 saturated heterocycles. The van der Waals surface area contributed by atoms with E-state index in [1.54, 1.807) is 24.3 Å². The summed E-state index contributed by atoms with van der Waals surface area (Å²) in [6, 6.07) is 20.3. The van der Waals surface area contributed by atoms with Gasteiger partial charge in [0.25, 0.3) is 15.9 Å². The van der Waals surface area contributed by atoms with Crippen LogP contribution in [0.5, 0.6) is 5.75 Å². The molecular formula is C20H17FN2O4S. The van der Waals surface area contributed by atoms with E-state index >= 15 is 0 Å². The molecule has 0 heterocycles. The molecule has 0 bridgehead atoms. The van der Waals surface area contributed by atoms with Crippen LogP contribution in [0, 0.1) is 5.82 Å². The Morgan fingerprint density at radius 3 is 2.32 bits per heavy atom. The van der Waals surface area contributed by atoms with Gasteiger partial charge >= 0.3 is 0 Å². The molecule has 0 atom stereocenters. The van der Waals surface area contributed by atoms with E-state index in [9.17, 15) is 17.6 Å². The molecule has 6 nitrogen and oxygen atoms in total. The lowest BCUT2D eigenvalue weighted by Gasteiger charge is -2.09. The zero-order valence-corrected chi connectivity index (χ0v) is 15.4. The highest BCUT2D eigenvalue weighted by atomic mass is 32.2. The van der Waals surface area contributed by atoms with E-state index in [2.05, 4.69) is 5.43 Å². The van der Waals surface area contributed by atoms with Gasteiger partial charge in [0.1, 0.15) is 18.2 Å². The van der Waals surface area contributed by atoms with Gasteiger partial charge in [-0.2, -0.15) is 0 Å². The summed E-state index contributed by atoms with van der Waals surface area (Å²) >= 11 is 0. The molecule has 3 rings (SSSR count). The molecule has 3 aromatic rings. The van der Waals surface area contributed by atoms with Gasteiger partial charge in [0.15, 0.2) is 0 Å². The molecule has 0 aromatic heterocycles. The summed E-state index contributed by atoms with van der Waals surface area (Å²) in [5, 5.41) is 0. The van der Waals surface area contributed by atoms with Crippen molar-refractivity contribution in [1.29, 1.82) is 0 Å². The maximum atomic E-state index is 13.2. The maximum Gasteiger partial charge on any atom is 0.266 e. The third-order valence-electron chi connectivity index (χ3n) is 3.77. The average Bonchev–Trinajstić information content (AvgIpc) is 2.72. The highest BCUT2D eigenvalue weighted by molar-refractivity contribution is 7.89. The van der Waals surface area contributed by atoms with Crippen molar-refractivity contribution in [2.24, 2.45) is 0 Å². The van der Waals surface area contributed by atoms with Crippen molar-refractivity contribution in [2.45, 2.75) is 11.5 Å². The van der Waals surface area contributed by atoms with Crippen LogP contribution in [0.3, 0.4) is 0 Å². The van der Waals surface area contributed by atoms with E-state index in [-0.39, 0.29) is 10.5 Å². The zero-order chi connectivity index (χ0) is 20.0. The molecule has 1 amide bonds. The van der Waals surface area contributed by atoms with Gasteiger partial charge in [0, 0.05) is 5.56 Å². The number of sulfonamides is 1. The van der Waals surface area contributed by atoms with Gasteiger partial charge in [-0.05, 0) is 48.0 Å². The summed E-state index contributed by atoms with van der Waals surface area (Å²) in [4.78, 5) is 13.8. The molecule has 0 fully saturated rings. The molecule has 0 unspecified atom stereocenters. The van der Waals surface area contributed by atoms with E-state index in [1.807, 2.05) is 35.2 Å². The minimum absolute atomic E-state index is 0.255. The van der Waals surface area contributed by atoms with E-state index in [0.29, 0.717) is 6.61 Å². The third kappa shape index (κ3) is 5.15. The standard InChI is InChI=1S/C20H17FN2O4S/c21-17-5-4-8-19(13-17)28(25,26)23-22-20(24)16-11-9-15(10-12-16)14-27-18-6-2-1-3-7-18/h1-13,23H,14H2,(H,22,24). The highest BCUT2D eigenvalue weighted by Gasteiger charge is 2.16. The molecule has 0 spiro atoms. The molecule has 144 valence electrons. The Labute approximate surface area is 162 Å². The summed E-state index contributed by atoms with van der Waals surface area (Å²) in [7, 11) is -4.08. The van der Waals surface area contributed by atoms with Crippen molar-refractivity contribution in [2.75, 3.05) is 0 Å². The Hall–Kier alpha value is -3.23. The first-order chi connectivity index (χ1) is 13.4. The molecule has 8 heteroatoms. The van der Waals surface area contributed by atoms with Crippen LogP contribution in [0.2, 0.25) is 0 Å². The van der Waals surface area contributed by atoms with E-state index in [0.717, 1.165) is 23.4 Å². The summed E-state index contributed by atoms with van der Waals surface area (Å²) < 4.78 is 43.0. The van der Waals surface area contributed by atoms with E-state index in [1.165, 1.54) is 12.1 Å². The second-order valence-corrected chi connectivity index (χ2v) is 7.50. The Bertz CT molecular complexity index is 1060. The lowest BCUT2D eigenvalue weighted by atomic mass is 10.1. The van der Waals surface area contributed by atoms with Gasteiger partial charge in [-0.25, -0.2) is 12.8 Å². The number of hydrazine groups is 1. The lowest BCUT2D eigenvalue weighted by Crippen LogP contribution is -2.41. The van der Waals surface area contributed by atoms with Crippen LogP contribution in [0.25, 0.3) is 0 Å². The summed E-state index contributed by atoms with van der Waals surface area (Å²) in [5.41, 5.74) is 3.21. The van der Waals surface area contributed by atoms with Gasteiger partial charge in [-0.1, -0.05) is 36.4 Å². The lowest BCUT2D eigenvalue weighted by molar-refractivity contribution is 0.0945. The van der Waals surface area contributed by atoms with Gasteiger partial charge in [-0.3, -0.25) is 10.2 Å². The number of hydrogen-bond acceptors (Lipinski definition) is 4.